The highest BCUT2D eigenvalue weighted by atomic mass is 35.5. The summed E-state index contributed by atoms with van der Waals surface area (Å²) < 4.78 is 0. The van der Waals surface area contributed by atoms with Crippen LogP contribution in [0.5, 0.6) is 0 Å². The molecule has 6 nitrogen and oxygen atoms in total. The molecule has 0 spiro atoms. The van der Waals surface area contributed by atoms with Crippen LogP contribution in [0.3, 0.4) is 0 Å². The molecule has 7 heteroatoms. The lowest BCUT2D eigenvalue weighted by molar-refractivity contribution is 0.0932. The summed E-state index contributed by atoms with van der Waals surface area (Å²) in [6, 6.07) is 7.54. The number of aromatic amines is 1. The van der Waals surface area contributed by atoms with Gasteiger partial charge in [0, 0.05) is 17.0 Å². The number of carbonyl (C=O) groups is 1. The van der Waals surface area contributed by atoms with Gasteiger partial charge in [-0.2, -0.15) is 0 Å². The fourth-order valence-corrected chi connectivity index (χ4v) is 3.59. The summed E-state index contributed by atoms with van der Waals surface area (Å²) in [4.78, 5) is 34.8. The van der Waals surface area contributed by atoms with E-state index in [2.05, 4.69) is 34.0 Å². The molecule has 2 rings (SSSR count). The molecular formula is C22H31ClN4O2. The van der Waals surface area contributed by atoms with Crippen LogP contribution in [0.15, 0.2) is 29.1 Å². The number of carbonyl (C=O) groups excluding carboxylic acids is 1. The van der Waals surface area contributed by atoms with E-state index in [4.69, 9.17) is 11.6 Å². The maximum Gasteiger partial charge on any atom is 0.264 e. The minimum absolute atomic E-state index is 0.0513. The van der Waals surface area contributed by atoms with Crippen LogP contribution in [0.4, 0.5) is 0 Å². The Bertz CT molecular complexity index is 914. The molecule has 1 heterocycles. The molecule has 1 aromatic carbocycles. The van der Waals surface area contributed by atoms with E-state index >= 15 is 0 Å². The number of benzene rings is 1. The maximum absolute atomic E-state index is 12.8. The van der Waals surface area contributed by atoms with Crippen molar-refractivity contribution in [3.8, 4) is 0 Å². The van der Waals surface area contributed by atoms with E-state index in [1.807, 2.05) is 45.0 Å². The molecule has 0 saturated carbocycles. The zero-order valence-electron chi connectivity index (χ0n) is 18.1. The number of H-pyrrole nitrogens is 1. The maximum atomic E-state index is 12.8. The SMILES string of the molecule is CCN(CC)C(CNC(=O)c1c(C)nc(C(C)(C)C)[nH]c1=O)c1ccccc1Cl. The highest BCUT2D eigenvalue weighted by molar-refractivity contribution is 6.31. The largest absolute Gasteiger partial charge is 0.350 e. The van der Waals surface area contributed by atoms with Gasteiger partial charge in [0.25, 0.3) is 11.5 Å². The predicted octanol–water partition coefficient (Wildman–Crippen LogP) is 3.84. The second-order valence-electron chi connectivity index (χ2n) is 8.09. The summed E-state index contributed by atoms with van der Waals surface area (Å²) in [5.74, 6) is 0.134. The van der Waals surface area contributed by atoms with Gasteiger partial charge >= 0.3 is 0 Å². The average Bonchev–Trinajstić information content (AvgIpc) is 2.64. The second-order valence-corrected chi connectivity index (χ2v) is 8.50. The van der Waals surface area contributed by atoms with Crippen LogP contribution in [-0.2, 0) is 5.41 Å². The summed E-state index contributed by atoms with van der Waals surface area (Å²) in [7, 11) is 0. The van der Waals surface area contributed by atoms with Crippen LogP contribution in [0.1, 0.15) is 68.1 Å². The summed E-state index contributed by atoms with van der Waals surface area (Å²) in [5.41, 5.74) is 0.697. The van der Waals surface area contributed by atoms with E-state index in [1.165, 1.54) is 0 Å². The summed E-state index contributed by atoms with van der Waals surface area (Å²) in [6.07, 6.45) is 0. The average molecular weight is 419 g/mol. The molecule has 0 bridgehead atoms. The number of hydrogen-bond donors (Lipinski definition) is 2. The molecule has 1 atom stereocenters. The van der Waals surface area contributed by atoms with Crippen LogP contribution >= 0.6 is 11.6 Å². The van der Waals surface area contributed by atoms with Crippen molar-refractivity contribution in [2.24, 2.45) is 0 Å². The van der Waals surface area contributed by atoms with Gasteiger partial charge in [0.05, 0.1) is 11.7 Å². The van der Waals surface area contributed by atoms with E-state index in [9.17, 15) is 9.59 Å². The minimum Gasteiger partial charge on any atom is -0.350 e. The molecule has 0 fully saturated rings. The van der Waals surface area contributed by atoms with E-state index < -0.39 is 11.5 Å². The smallest absolute Gasteiger partial charge is 0.264 e. The van der Waals surface area contributed by atoms with Crippen LogP contribution in [0, 0.1) is 6.92 Å². The quantitative estimate of drug-likeness (QED) is 0.716. The van der Waals surface area contributed by atoms with Gasteiger partial charge in [-0.25, -0.2) is 4.98 Å². The molecular weight excluding hydrogens is 388 g/mol. The first-order valence-corrected chi connectivity index (χ1v) is 10.4. The van der Waals surface area contributed by atoms with E-state index in [-0.39, 0.29) is 17.0 Å². The first-order chi connectivity index (χ1) is 13.6. The van der Waals surface area contributed by atoms with E-state index in [0.717, 1.165) is 18.7 Å². The third-order valence-corrected chi connectivity index (χ3v) is 5.36. The highest BCUT2D eigenvalue weighted by Crippen LogP contribution is 2.27. The molecule has 2 aromatic rings. The van der Waals surface area contributed by atoms with Gasteiger partial charge in [-0.1, -0.05) is 64.4 Å². The van der Waals surface area contributed by atoms with Gasteiger partial charge in [-0.3, -0.25) is 14.5 Å². The number of halogens is 1. The topological polar surface area (TPSA) is 78.1 Å². The zero-order valence-corrected chi connectivity index (χ0v) is 18.9. The highest BCUT2D eigenvalue weighted by Gasteiger charge is 2.25. The van der Waals surface area contributed by atoms with Crippen molar-refractivity contribution in [2.45, 2.75) is 53.0 Å². The summed E-state index contributed by atoms with van der Waals surface area (Å²) >= 11 is 6.42. The Balaban J connectivity index is 2.29. The monoisotopic (exact) mass is 418 g/mol. The normalized spacial score (nSPS) is 12.8. The third kappa shape index (κ3) is 5.46. The Morgan fingerprint density at radius 1 is 1.24 bits per heavy atom. The van der Waals surface area contributed by atoms with Crippen molar-refractivity contribution in [1.82, 2.24) is 20.2 Å². The lowest BCUT2D eigenvalue weighted by atomic mass is 9.95. The number of nitrogens with one attached hydrogen (secondary N) is 2. The van der Waals surface area contributed by atoms with Crippen molar-refractivity contribution in [3.05, 3.63) is 62.3 Å². The molecule has 158 valence electrons. The third-order valence-electron chi connectivity index (χ3n) is 5.01. The molecule has 0 aliphatic heterocycles. The summed E-state index contributed by atoms with van der Waals surface area (Å²) in [6.45, 7) is 13.7. The molecule has 2 N–H and O–H groups in total. The Kier molecular flexibility index (Phi) is 7.60. The van der Waals surface area contributed by atoms with E-state index in [1.54, 1.807) is 6.92 Å². The molecule has 1 amide bonds. The second kappa shape index (κ2) is 9.55. The first kappa shape index (κ1) is 23.1. The van der Waals surface area contributed by atoms with Crippen molar-refractivity contribution in [1.29, 1.82) is 0 Å². The van der Waals surface area contributed by atoms with Crippen molar-refractivity contribution < 1.29 is 4.79 Å². The summed E-state index contributed by atoms with van der Waals surface area (Å²) in [5, 5.41) is 3.57. The van der Waals surface area contributed by atoms with Gasteiger partial charge in [0.2, 0.25) is 0 Å². The van der Waals surface area contributed by atoms with Gasteiger partial charge < -0.3 is 10.3 Å². The molecule has 0 aliphatic rings. The zero-order chi connectivity index (χ0) is 21.8. The van der Waals surface area contributed by atoms with Crippen molar-refractivity contribution in [3.63, 3.8) is 0 Å². The van der Waals surface area contributed by atoms with Gasteiger partial charge in [-0.15, -0.1) is 0 Å². The van der Waals surface area contributed by atoms with Gasteiger partial charge in [-0.05, 0) is 31.6 Å². The van der Waals surface area contributed by atoms with E-state index in [0.29, 0.717) is 23.1 Å². The Hall–Kier alpha value is -2.18. The lowest BCUT2D eigenvalue weighted by Gasteiger charge is -2.31. The number of aromatic nitrogens is 2. The number of aryl methyl sites for hydroxylation is 1. The molecule has 0 saturated heterocycles. The fourth-order valence-electron chi connectivity index (χ4n) is 3.33. The number of hydrogen-bond acceptors (Lipinski definition) is 4. The Morgan fingerprint density at radius 2 is 1.86 bits per heavy atom. The lowest BCUT2D eigenvalue weighted by Crippen LogP contribution is -2.40. The van der Waals surface area contributed by atoms with Crippen LogP contribution in [-0.4, -0.2) is 40.4 Å². The number of nitrogens with zero attached hydrogens (tertiary/aromatic N) is 2. The molecule has 1 aromatic heterocycles. The van der Waals surface area contributed by atoms with Gasteiger partial charge in [0.1, 0.15) is 11.4 Å². The predicted molar refractivity (Wildman–Crippen MR) is 118 cm³/mol. The minimum atomic E-state index is -0.430. The number of rotatable bonds is 7. The fraction of sp³-hybridized carbons (Fsp3) is 0.500. The Morgan fingerprint density at radius 3 is 2.38 bits per heavy atom. The number of amides is 1. The molecule has 0 radical (unpaired) electrons. The van der Waals surface area contributed by atoms with Gasteiger partial charge in [0.15, 0.2) is 0 Å². The molecule has 29 heavy (non-hydrogen) atoms. The van der Waals surface area contributed by atoms with Crippen molar-refractivity contribution >= 4 is 17.5 Å². The van der Waals surface area contributed by atoms with Crippen molar-refractivity contribution in [2.75, 3.05) is 19.6 Å². The first-order valence-electron chi connectivity index (χ1n) is 9.98. The Labute approximate surface area is 177 Å². The standard InChI is InChI=1S/C22H31ClN4O2/c1-7-27(8-2)17(15-11-9-10-12-16(15)23)13-24-19(28)18-14(3)25-21(22(4,5)6)26-20(18)29/h9-12,17H,7-8,13H2,1-6H3,(H,24,28)(H,25,26,29). The van der Waals surface area contributed by atoms with Crippen LogP contribution in [0.2, 0.25) is 5.02 Å². The van der Waals surface area contributed by atoms with Crippen LogP contribution < -0.4 is 10.9 Å². The molecule has 1 unspecified atom stereocenters. The molecule has 0 aliphatic carbocycles. The van der Waals surface area contributed by atoms with Crippen LogP contribution in [0.25, 0.3) is 0 Å². The number of likely N-dealkylation sites (N-methyl/N-ethyl adjacent to an activating group) is 1.